The van der Waals surface area contributed by atoms with Crippen molar-refractivity contribution in [1.82, 2.24) is 5.32 Å². The van der Waals surface area contributed by atoms with Gasteiger partial charge in [-0.2, -0.15) is 0 Å². The molecule has 0 amide bonds. The predicted molar refractivity (Wildman–Crippen MR) is 74.5 cm³/mol. The van der Waals surface area contributed by atoms with E-state index < -0.39 is 4.92 Å². The van der Waals surface area contributed by atoms with E-state index in [1.807, 2.05) is 24.3 Å². The minimum absolute atomic E-state index is 0.113. The van der Waals surface area contributed by atoms with Gasteiger partial charge in [0.2, 0.25) is 0 Å². The van der Waals surface area contributed by atoms with Gasteiger partial charge in [-0.3, -0.25) is 10.1 Å². The average Bonchev–Trinajstić information content (AvgIpc) is 2.41. The van der Waals surface area contributed by atoms with Crippen LogP contribution in [0.1, 0.15) is 11.1 Å². The maximum absolute atomic E-state index is 10.5. The molecular formula is C14H15N3O2. The van der Waals surface area contributed by atoms with Crippen LogP contribution in [0.25, 0.3) is 0 Å². The molecule has 0 bridgehead atoms. The van der Waals surface area contributed by atoms with Crippen molar-refractivity contribution in [2.24, 2.45) is 0 Å². The van der Waals surface area contributed by atoms with E-state index in [9.17, 15) is 10.1 Å². The Morgan fingerprint density at radius 3 is 1.89 bits per heavy atom. The van der Waals surface area contributed by atoms with Gasteiger partial charge in [0.05, 0.1) is 4.92 Å². The van der Waals surface area contributed by atoms with E-state index >= 15 is 0 Å². The number of rotatable bonds is 5. The highest BCUT2D eigenvalue weighted by Gasteiger charge is 2.03. The zero-order chi connectivity index (χ0) is 13.7. The summed E-state index contributed by atoms with van der Waals surface area (Å²) in [5.41, 5.74) is 8.64. The van der Waals surface area contributed by atoms with Gasteiger partial charge >= 0.3 is 0 Å². The molecule has 0 atom stereocenters. The number of nitrogens with zero attached hydrogens (tertiary/aromatic N) is 1. The Morgan fingerprint density at radius 2 is 1.42 bits per heavy atom. The number of benzene rings is 2. The van der Waals surface area contributed by atoms with Gasteiger partial charge in [0, 0.05) is 30.9 Å². The highest BCUT2D eigenvalue weighted by Crippen LogP contribution is 2.12. The molecule has 0 unspecified atom stereocenters. The zero-order valence-corrected chi connectivity index (χ0v) is 10.4. The summed E-state index contributed by atoms with van der Waals surface area (Å²) in [6.07, 6.45) is 0. The molecule has 2 aromatic rings. The Morgan fingerprint density at radius 1 is 0.947 bits per heavy atom. The summed E-state index contributed by atoms with van der Waals surface area (Å²) in [4.78, 5) is 10.1. The largest absolute Gasteiger partial charge is 0.399 e. The van der Waals surface area contributed by atoms with Crippen molar-refractivity contribution in [3.05, 3.63) is 69.8 Å². The van der Waals surface area contributed by atoms with Crippen LogP contribution in [-0.4, -0.2) is 4.92 Å². The highest BCUT2D eigenvalue weighted by atomic mass is 16.6. The third-order valence-electron chi connectivity index (χ3n) is 2.79. The second kappa shape index (κ2) is 5.97. The van der Waals surface area contributed by atoms with Crippen molar-refractivity contribution in [2.45, 2.75) is 13.1 Å². The fraction of sp³-hybridized carbons (Fsp3) is 0.143. The highest BCUT2D eigenvalue weighted by molar-refractivity contribution is 5.39. The SMILES string of the molecule is Nc1ccc(CNCc2ccc([N+](=O)[O-])cc2)cc1. The number of nitrogens with one attached hydrogen (secondary N) is 1. The molecule has 0 fully saturated rings. The zero-order valence-electron chi connectivity index (χ0n) is 10.4. The molecule has 19 heavy (non-hydrogen) atoms. The molecule has 0 radical (unpaired) electrons. The van der Waals surface area contributed by atoms with Crippen LogP contribution in [0.15, 0.2) is 48.5 Å². The van der Waals surface area contributed by atoms with Crippen molar-refractivity contribution in [3.63, 3.8) is 0 Å². The van der Waals surface area contributed by atoms with Crippen LogP contribution < -0.4 is 11.1 Å². The van der Waals surface area contributed by atoms with Crippen molar-refractivity contribution >= 4 is 11.4 Å². The van der Waals surface area contributed by atoms with Gasteiger partial charge in [-0.1, -0.05) is 24.3 Å². The number of nitro benzene ring substituents is 1. The molecule has 0 aliphatic heterocycles. The summed E-state index contributed by atoms with van der Waals surface area (Å²) < 4.78 is 0. The number of nitrogen functional groups attached to an aromatic ring is 1. The quantitative estimate of drug-likeness (QED) is 0.490. The topological polar surface area (TPSA) is 81.2 Å². The first-order valence-electron chi connectivity index (χ1n) is 5.93. The summed E-state index contributed by atoms with van der Waals surface area (Å²) in [5, 5.41) is 13.8. The average molecular weight is 257 g/mol. The lowest BCUT2D eigenvalue weighted by Crippen LogP contribution is -2.12. The van der Waals surface area contributed by atoms with Crippen molar-refractivity contribution in [2.75, 3.05) is 5.73 Å². The first kappa shape index (κ1) is 13.0. The van der Waals surface area contributed by atoms with E-state index in [-0.39, 0.29) is 5.69 Å². The number of nitrogens with two attached hydrogens (primary N) is 1. The third-order valence-corrected chi connectivity index (χ3v) is 2.79. The monoisotopic (exact) mass is 257 g/mol. The number of anilines is 1. The molecule has 0 aromatic heterocycles. The summed E-state index contributed by atoms with van der Waals surface area (Å²) in [6.45, 7) is 1.40. The van der Waals surface area contributed by atoms with Crippen LogP contribution in [-0.2, 0) is 13.1 Å². The lowest BCUT2D eigenvalue weighted by molar-refractivity contribution is -0.384. The van der Waals surface area contributed by atoms with Gasteiger partial charge in [0.15, 0.2) is 0 Å². The molecule has 5 heteroatoms. The number of non-ortho nitro benzene ring substituents is 1. The van der Waals surface area contributed by atoms with Crippen LogP contribution in [0.2, 0.25) is 0 Å². The maximum atomic E-state index is 10.5. The minimum atomic E-state index is -0.397. The van der Waals surface area contributed by atoms with Crippen LogP contribution in [0.4, 0.5) is 11.4 Å². The summed E-state index contributed by atoms with van der Waals surface area (Å²) >= 11 is 0. The standard InChI is InChI=1S/C14H15N3O2/c15-13-5-1-11(2-6-13)9-16-10-12-3-7-14(8-4-12)17(18)19/h1-8,16H,9-10,15H2. The van der Waals surface area contributed by atoms with Crippen LogP contribution in [0.5, 0.6) is 0 Å². The fourth-order valence-corrected chi connectivity index (χ4v) is 1.72. The van der Waals surface area contributed by atoms with Gasteiger partial charge < -0.3 is 11.1 Å². The Bertz CT molecular complexity index is 550. The second-order valence-electron chi connectivity index (χ2n) is 4.27. The van der Waals surface area contributed by atoms with E-state index in [1.54, 1.807) is 12.1 Å². The van der Waals surface area contributed by atoms with Gasteiger partial charge in [0.1, 0.15) is 0 Å². The van der Waals surface area contributed by atoms with E-state index in [0.717, 1.165) is 23.4 Å². The lowest BCUT2D eigenvalue weighted by Gasteiger charge is -2.05. The molecule has 98 valence electrons. The normalized spacial score (nSPS) is 10.3. The second-order valence-corrected chi connectivity index (χ2v) is 4.27. The molecule has 0 aliphatic rings. The van der Waals surface area contributed by atoms with Gasteiger partial charge in [-0.05, 0) is 23.3 Å². The summed E-state index contributed by atoms with van der Waals surface area (Å²) in [7, 11) is 0. The Kier molecular flexibility index (Phi) is 4.10. The summed E-state index contributed by atoms with van der Waals surface area (Å²) in [5.74, 6) is 0. The third kappa shape index (κ3) is 3.79. The van der Waals surface area contributed by atoms with Crippen molar-refractivity contribution < 1.29 is 4.92 Å². The smallest absolute Gasteiger partial charge is 0.269 e. The molecule has 0 saturated heterocycles. The first-order chi connectivity index (χ1) is 9.15. The van der Waals surface area contributed by atoms with Crippen molar-refractivity contribution in [1.29, 1.82) is 0 Å². The molecule has 3 N–H and O–H groups in total. The van der Waals surface area contributed by atoms with Gasteiger partial charge in [0.25, 0.3) is 5.69 Å². The molecule has 0 heterocycles. The molecular weight excluding hydrogens is 242 g/mol. The number of hydrogen-bond acceptors (Lipinski definition) is 4. The van der Waals surface area contributed by atoms with Crippen molar-refractivity contribution in [3.8, 4) is 0 Å². The Labute approximate surface area is 111 Å². The Balaban J connectivity index is 1.85. The van der Waals surface area contributed by atoms with Gasteiger partial charge in [-0.15, -0.1) is 0 Å². The molecule has 0 aliphatic carbocycles. The van der Waals surface area contributed by atoms with E-state index in [2.05, 4.69) is 5.32 Å². The first-order valence-corrected chi connectivity index (χ1v) is 5.93. The fourth-order valence-electron chi connectivity index (χ4n) is 1.72. The molecule has 0 spiro atoms. The molecule has 0 saturated carbocycles. The molecule has 2 aromatic carbocycles. The maximum Gasteiger partial charge on any atom is 0.269 e. The molecule has 2 rings (SSSR count). The van der Waals surface area contributed by atoms with Gasteiger partial charge in [-0.25, -0.2) is 0 Å². The van der Waals surface area contributed by atoms with E-state index in [0.29, 0.717) is 6.54 Å². The summed E-state index contributed by atoms with van der Waals surface area (Å²) in [6, 6.07) is 14.2. The lowest BCUT2D eigenvalue weighted by atomic mass is 10.2. The van der Waals surface area contributed by atoms with E-state index in [4.69, 9.17) is 5.73 Å². The van der Waals surface area contributed by atoms with Crippen LogP contribution in [0.3, 0.4) is 0 Å². The number of hydrogen-bond donors (Lipinski definition) is 2. The predicted octanol–water partition coefficient (Wildman–Crippen LogP) is 2.47. The van der Waals surface area contributed by atoms with Crippen LogP contribution >= 0.6 is 0 Å². The van der Waals surface area contributed by atoms with Crippen LogP contribution in [0, 0.1) is 10.1 Å². The molecule has 5 nitrogen and oxygen atoms in total. The van der Waals surface area contributed by atoms with E-state index in [1.165, 1.54) is 12.1 Å². The minimum Gasteiger partial charge on any atom is -0.399 e. The number of nitro groups is 1. The Hall–Kier alpha value is -2.40.